The lowest BCUT2D eigenvalue weighted by Crippen LogP contribution is -2.14. The average molecular weight is 442 g/mol. The van der Waals surface area contributed by atoms with Crippen molar-refractivity contribution in [1.82, 2.24) is 4.98 Å². The summed E-state index contributed by atoms with van der Waals surface area (Å²) in [4.78, 5) is 29.7. The number of aromatic nitrogens is 1. The van der Waals surface area contributed by atoms with Crippen LogP contribution in [-0.4, -0.2) is 16.7 Å². The van der Waals surface area contributed by atoms with E-state index in [1.165, 1.54) is 12.1 Å². The van der Waals surface area contributed by atoms with Crippen molar-refractivity contribution in [2.45, 2.75) is 26.9 Å². The van der Waals surface area contributed by atoms with Crippen LogP contribution in [0.2, 0.25) is 0 Å². The molecule has 166 valence electrons. The van der Waals surface area contributed by atoms with Crippen LogP contribution in [0.15, 0.2) is 78.9 Å². The Bertz CT molecular complexity index is 1310. The van der Waals surface area contributed by atoms with Gasteiger partial charge in [0, 0.05) is 17.0 Å². The molecule has 4 rings (SSSR count). The van der Waals surface area contributed by atoms with Gasteiger partial charge in [-0.05, 0) is 49.1 Å². The lowest BCUT2D eigenvalue weighted by atomic mass is 9.92. The number of H-pyrrole nitrogens is 1. The summed E-state index contributed by atoms with van der Waals surface area (Å²) in [6.45, 7) is 3.42. The van der Waals surface area contributed by atoms with Gasteiger partial charge in [-0.1, -0.05) is 66.7 Å². The number of aromatic amines is 1. The van der Waals surface area contributed by atoms with Gasteiger partial charge in [0.2, 0.25) is 0 Å². The minimum absolute atomic E-state index is 0.0848. The summed E-state index contributed by atoms with van der Waals surface area (Å²) < 4.78 is 18.9. The quantitative estimate of drug-likeness (QED) is 0.285. The first-order valence-corrected chi connectivity index (χ1v) is 10.7. The third kappa shape index (κ3) is 4.93. The smallest absolute Gasteiger partial charge is 0.341 e. The molecule has 1 heterocycles. The molecule has 0 aliphatic carbocycles. The van der Waals surface area contributed by atoms with Crippen molar-refractivity contribution < 1.29 is 18.7 Å². The number of ether oxygens (including phenoxy) is 1. The average Bonchev–Trinajstić information content (AvgIpc) is 3.11. The van der Waals surface area contributed by atoms with Crippen LogP contribution in [0.5, 0.6) is 0 Å². The highest BCUT2D eigenvalue weighted by Crippen LogP contribution is 2.26. The molecule has 0 saturated heterocycles. The number of hydrogen-bond donors (Lipinski definition) is 1. The Morgan fingerprint density at radius 1 is 0.818 bits per heavy atom. The number of benzene rings is 3. The van der Waals surface area contributed by atoms with Crippen molar-refractivity contribution in [2.24, 2.45) is 0 Å². The van der Waals surface area contributed by atoms with Gasteiger partial charge in [-0.3, -0.25) is 4.79 Å². The van der Waals surface area contributed by atoms with Crippen LogP contribution in [0.1, 0.15) is 54.4 Å². The molecule has 1 aromatic heterocycles. The molecule has 0 unspecified atom stereocenters. The van der Waals surface area contributed by atoms with Crippen LogP contribution in [0.3, 0.4) is 0 Å². The maximum Gasteiger partial charge on any atom is 0.341 e. The van der Waals surface area contributed by atoms with E-state index in [2.05, 4.69) is 4.98 Å². The molecule has 0 bridgehead atoms. The summed E-state index contributed by atoms with van der Waals surface area (Å²) in [6.07, 6.45) is 0.602. The van der Waals surface area contributed by atoms with E-state index >= 15 is 0 Å². The number of carbonyl (C=O) groups is 2. The zero-order valence-electron chi connectivity index (χ0n) is 18.5. The predicted octanol–water partition coefficient (Wildman–Crippen LogP) is 5.95. The van der Waals surface area contributed by atoms with E-state index in [9.17, 15) is 14.0 Å². The number of rotatable bonds is 7. The van der Waals surface area contributed by atoms with Crippen LogP contribution < -0.4 is 0 Å². The second kappa shape index (κ2) is 9.65. The first-order valence-electron chi connectivity index (χ1n) is 10.7. The Hall–Kier alpha value is -3.99. The zero-order valence-corrected chi connectivity index (χ0v) is 18.5. The van der Waals surface area contributed by atoms with Gasteiger partial charge in [-0.15, -0.1) is 0 Å². The van der Waals surface area contributed by atoms with Gasteiger partial charge in [0.05, 0.1) is 11.1 Å². The molecule has 4 nitrogen and oxygen atoms in total. The van der Waals surface area contributed by atoms with E-state index < -0.39 is 11.8 Å². The molecule has 33 heavy (non-hydrogen) atoms. The lowest BCUT2D eigenvalue weighted by Gasteiger charge is -2.11. The largest absolute Gasteiger partial charge is 0.457 e. The second-order valence-electron chi connectivity index (χ2n) is 7.98. The minimum atomic E-state index is -0.620. The second-order valence-corrected chi connectivity index (χ2v) is 7.98. The minimum Gasteiger partial charge on any atom is -0.457 e. The first-order chi connectivity index (χ1) is 15.9. The molecule has 1 N–H and O–H groups in total. The lowest BCUT2D eigenvalue weighted by molar-refractivity contribution is 0.0469. The van der Waals surface area contributed by atoms with Crippen molar-refractivity contribution in [1.29, 1.82) is 0 Å². The maximum atomic E-state index is 13.7. The summed E-state index contributed by atoms with van der Waals surface area (Å²) in [7, 11) is 0. The van der Waals surface area contributed by atoms with Crippen LogP contribution >= 0.6 is 0 Å². The SMILES string of the molecule is Cc1[nH]c(C)c(C(=O)c2ccccc2Cc2ccccc2)c1C(=O)OCc1cccc(F)c1. The Morgan fingerprint density at radius 3 is 2.24 bits per heavy atom. The molecule has 4 aromatic rings. The molecule has 0 atom stereocenters. The Morgan fingerprint density at radius 2 is 1.48 bits per heavy atom. The molecule has 3 aromatic carbocycles. The van der Waals surface area contributed by atoms with Crippen LogP contribution in [0.4, 0.5) is 4.39 Å². The molecule has 0 spiro atoms. The molecular weight excluding hydrogens is 417 g/mol. The van der Waals surface area contributed by atoms with Gasteiger partial charge in [-0.2, -0.15) is 0 Å². The van der Waals surface area contributed by atoms with E-state index in [0.717, 1.165) is 11.1 Å². The fourth-order valence-corrected chi connectivity index (χ4v) is 4.01. The zero-order chi connectivity index (χ0) is 23.4. The molecule has 0 radical (unpaired) electrons. The summed E-state index contributed by atoms with van der Waals surface area (Å²) in [5, 5.41) is 0. The van der Waals surface area contributed by atoms with Crippen molar-refractivity contribution in [2.75, 3.05) is 0 Å². The summed E-state index contributed by atoms with van der Waals surface area (Å²) in [6, 6.07) is 23.2. The molecular formula is C28H24FNO3. The fourth-order valence-electron chi connectivity index (χ4n) is 4.01. The highest BCUT2D eigenvalue weighted by Gasteiger charge is 2.27. The number of ketones is 1. The number of halogens is 1. The number of hydrogen-bond acceptors (Lipinski definition) is 3. The number of aryl methyl sites for hydroxylation is 2. The highest BCUT2D eigenvalue weighted by atomic mass is 19.1. The molecule has 0 saturated carbocycles. The number of nitrogens with one attached hydrogen (secondary N) is 1. The van der Waals surface area contributed by atoms with E-state index in [1.54, 1.807) is 32.0 Å². The summed E-state index contributed by atoms with van der Waals surface area (Å²) >= 11 is 0. The van der Waals surface area contributed by atoms with Crippen molar-refractivity contribution in [3.05, 3.63) is 129 Å². The normalized spacial score (nSPS) is 10.8. The first kappa shape index (κ1) is 22.2. The van der Waals surface area contributed by atoms with Gasteiger partial charge >= 0.3 is 5.97 Å². The van der Waals surface area contributed by atoms with Gasteiger partial charge in [0.15, 0.2) is 5.78 Å². The molecule has 5 heteroatoms. The van der Waals surface area contributed by atoms with Crippen LogP contribution in [-0.2, 0) is 17.8 Å². The van der Waals surface area contributed by atoms with Crippen molar-refractivity contribution in [3.63, 3.8) is 0 Å². The Labute approximate surface area is 192 Å². The van der Waals surface area contributed by atoms with E-state index in [0.29, 0.717) is 34.5 Å². The molecule has 0 fully saturated rings. The van der Waals surface area contributed by atoms with Crippen LogP contribution in [0, 0.1) is 19.7 Å². The topological polar surface area (TPSA) is 59.2 Å². The fraction of sp³-hybridized carbons (Fsp3) is 0.143. The van der Waals surface area contributed by atoms with E-state index in [1.807, 2.05) is 48.5 Å². The van der Waals surface area contributed by atoms with E-state index in [4.69, 9.17) is 4.74 Å². The van der Waals surface area contributed by atoms with Crippen molar-refractivity contribution in [3.8, 4) is 0 Å². The van der Waals surface area contributed by atoms with Crippen molar-refractivity contribution >= 4 is 11.8 Å². The Kier molecular flexibility index (Phi) is 6.50. The Balaban J connectivity index is 1.64. The van der Waals surface area contributed by atoms with E-state index in [-0.39, 0.29) is 18.0 Å². The third-order valence-corrected chi connectivity index (χ3v) is 5.56. The highest BCUT2D eigenvalue weighted by molar-refractivity contribution is 6.16. The molecule has 0 aliphatic heterocycles. The molecule has 0 amide bonds. The molecule has 0 aliphatic rings. The van der Waals surface area contributed by atoms with Gasteiger partial charge in [0.25, 0.3) is 0 Å². The monoisotopic (exact) mass is 441 g/mol. The van der Waals surface area contributed by atoms with Gasteiger partial charge in [0.1, 0.15) is 12.4 Å². The summed E-state index contributed by atoms with van der Waals surface area (Å²) in [5.41, 5.74) is 4.73. The predicted molar refractivity (Wildman–Crippen MR) is 125 cm³/mol. The van der Waals surface area contributed by atoms with Gasteiger partial charge < -0.3 is 9.72 Å². The summed E-state index contributed by atoms with van der Waals surface area (Å²) in [5.74, 6) is -1.26. The maximum absolute atomic E-state index is 13.7. The number of esters is 1. The standard InChI is InChI=1S/C28H24FNO3/c1-18-25(26(19(2)30-18)28(32)33-17-21-11-8-13-23(29)16-21)27(31)24-14-7-6-12-22(24)15-20-9-4-3-5-10-20/h3-14,16,30H,15,17H2,1-2H3. The number of carbonyl (C=O) groups excluding carboxylic acids is 2. The van der Waals surface area contributed by atoms with Crippen LogP contribution in [0.25, 0.3) is 0 Å². The van der Waals surface area contributed by atoms with Gasteiger partial charge in [-0.25, -0.2) is 9.18 Å². The third-order valence-electron chi connectivity index (χ3n) is 5.56.